The molecule has 0 spiro atoms. The van der Waals surface area contributed by atoms with Crippen molar-refractivity contribution in [2.45, 2.75) is 25.4 Å². The van der Waals surface area contributed by atoms with E-state index < -0.39 is 0 Å². The van der Waals surface area contributed by atoms with Crippen molar-refractivity contribution in [2.75, 3.05) is 30.8 Å². The Bertz CT molecular complexity index is 578. The largest absolute Gasteiger partial charge is 0.382 e. The highest BCUT2D eigenvalue weighted by atomic mass is 32.1. The van der Waals surface area contributed by atoms with E-state index in [1.165, 1.54) is 24.4 Å². The molecule has 1 aromatic heterocycles. The molecule has 112 valence electrons. The highest BCUT2D eigenvalue weighted by molar-refractivity contribution is 7.11. The van der Waals surface area contributed by atoms with Gasteiger partial charge in [-0.3, -0.25) is 0 Å². The minimum atomic E-state index is 0.315. The van der Waals surface area contributed by atoms with Gasteiger partial charge >= 0.3 is 0 Å². The van der Waals surface area contributed by atoms with Gasteiger partial charge in [-0.25, -0.2) is 0 Å². The molecule has 0 radical (unpaired) electrons. The van der Waals surface area contributed by atoms with Gasteiger partial charge in [0.2, 0.25) is 0 Å². The lowest BCUT2D eigenvalue weighted by Crippen LogP contribution is -2.33. The molecular weight excluding hydrogens is 282 g/mol. The third kappa shape index (κ3) is 3.19. The average molecular weight is 303 g/mol. The Morgan fingerprint density at radius 1 is 1.33 bits per heavy atom. The fourth-order valence-electron chi connectivity index (χ4n) is 2.77. The van der Waals surface area contributed by atoms with Crippen LogP contribution >= 0.6 is 11.5 Å². The normalized spacial score (nSPS) is 18.6. The lowest BCUT2D eigenvalue weighted by molar-refractivity contribution is 0.0217. The van der Waals surface area contributed by atoms with Crippen LogP contribution < -0.4 is 10.6 Å². The summed E-state index contributed by atoms with van der Waals surface area (Å²) >= 11 is 1.46. The molecule has 0 aliphatic carbocycles. The standard InChI is InChI=1S/C16H21N3OS/c1-19(11-13-9-5-6-10-20-13)16-14(15(17)18-21-16)12-7-3-2-4-8-12/h2-4,7-8,13H,5-6,9-11H2,1H3,(H2,17,18). The maximum Gasteiger partial charge on any atom is 0.147 e. The molecule has 5 heteroatoms. The maximum absolute atomic E-state index is 6.09. The molecule has 2 heterocycles. The second-order valence-corrected chi connectivity index (χ2v) is 6.23. The SMILES string of the molecule is CN(CC1CCCCO1)c1snc(N)c1-c1ccccc1. The summed E-state index contributed by atoms with van der Waals surface area (Å²) in [5, 5.41) is 1.12. The zero-order valence-corrected chi connectivity index (χ0v) is 13.1. The van der Waals surface area contributed by atoms with Crippen molar-refractivity contribution in [2.24, 2.45) is 0 Å². The maximum atomic E-state index is 6.09. The first-order chi connectivity index (χ1) is 10.3. The number of ether oxygens (including phenoxy) is 1. The topological polar surface area (TPSA) is 51.4 Å². The highest BCUT2D eigenvalue weighted by Gasteiger charge is 2.21. The molecule has 0 amide bonds. The number of nitrogens with zero attached hydrogens (tertiary/aromatic N) is 2. The van der Waals surface area contributed by atoms with E-state index >= 15 is 0 Å². The first-order valence-corrected chi connectivity index (χ1v) is 8.16. The Labute approximate surface area is 129 Å². The third-order valence-corrected chi connectivity index (χ3v) is 4.84. The van der Waals surface area contributed by atoms with Crippen LogP contribution in [0.2, 0.25) is 0 Å². The molecular formula is C16H21N3OS. The van der Waals surface area contributed by atoms with Gasteiger partial charge in [0, 0.05) is 20.2 Å². The van der Waals surface area contributed by atoms with Gasteiger partial charge in [0.25, 0.3) is 0 Å². The number of hydrogen-bond donors (Lipinski definition) is 1. The fraction of sp³-hybridized carbons (Fsp3) is 0.438. The summed E-state index contributed by atoms with van der Waals surface area (Å²) in [4.78, 5) is 2.23. The van der Waals surface area contributed by atoms with Crippen LogP contribution in [-0.2, 0) is 4.74 Å². The Hall–Kier alpha value is -1.59. The summed E-state index contributed by atoms with van der Waals surface area (Å²) in [6.45, 7) is 1.77. The Kier molecular flexibility index (Phi) is 4.41. The summed E-state index contributed by atoms with van der Waals surface area (Å²) in [5.74, 6) is 0.609. The van der Waals surface area contributed by atoms with Crippen molar-refractivity contribution >= 4 is 22.4 Å². The minimum absolute atomic E-state index is 0.315. The number of anilines is 2. The molecule has 1 fully saturated rings. The number of hydrogen-bond acceptors (Lipinski definition) is 5. The van der Waals surface area contributed by atoms with Crippen molar-refractivity contribution < 1.29 is 4.74 Å². The van der Waals surface area contributed by atoms with Gasteiger partial charge in [0.15, 0.2) is 0 Å². The summed E-state index contributed by atoms with van der Waals surface area (Å²) in [5.41, 5.74) is 8.25. The number of nitrogens with two attached hydrogens (primary N) is 1. The number of likely N-dealkylation sites (N-methyl/N-ethyl adjacent to an activating group) is 1. The van der Waals surface area contributed by atoms with Crippen LogP contribution in [0.3, 0.4) is 0 Å². The zero-order chi connectivity index (χ0) is 14.7. The molecule has 2 aromatic rings. The Morgan fingerprint density at radius 2 is 2.14 bits per heavy atom. The average Bonchev–Trinajstić information content (AvgIpc) is 2.91. The molecule has 1 unspecified atom stereocenters. The molecule has 2 N–H and O–H groups in total. The van der Waals surface area contributed by atoms with Crippen LogP contribution in [-0.4, -0.2) is 30.7 Å². The lowest BCUT2D eigenvalue weighted by atomic mass is 10.1. The van der Waals surface area contributed by atoms with Gasteiger partial charge in [-0.1, -0.05) is 30.3 Å². The second kappa shape index (κ2) is 6.45. The molecule has 3 rings (SSSR count). The predicted molar refractivity (Wildman–Crippen MR) is 88.8 cm³/mol. The van der Waals surface area contributed by atoms with E-state index in [0.29, 0.717) is 11.9 Å². The molecule has 0 saturated carbocycles. The molecule has 1 saturated heterocycles. The van der Waals surface area contributed by atoms with Crippen LogP contribution in [0.1, 0.15) is 19.3 Å². The van der Waals surface area contributed by atoms with E-state index in [2.05, 4.69) is 28.5 Å². The van der Waals surface area contributed by atoms with Crippen LogP contribution in [0, 0.1) is 0 Å². The van der Waals surface area contributed by atoms with Crippen molar-refractivity contribution in [1.29, 1.82) is 0 Å². The zero-order valence-electron chi connectivity index (χ0n) is 12.3. The highest BCUT2D eigenvalue weighted by Crippen LogP contribution is 2.38. The van der Waals surface area contributed by atoms with Gasteiger partial charge in [-0.15, -0.1) is 0 Å². The molecule has 4 nitrogen and oxygen atoms in total. The van der Waals surface area contributed by atoms with Gasteiger partial charge in [-0.05, 0) is 36.4 Å². The summed E-state index contributed by atoms with van der Waals surface area (Å²) < 4.78 is 10.2. The molecule has 21 heavy (non-hydrogen) atoms. The number of aromatic nitrogens is 1. The predicted octanol–water partition coefficient (Wildman–Crippen LogP) is 3.40. The number of nitrogen functional groups attached to an aromatic ring is 1. The molecule has 1 aliphatic heterocycles. The lowest BCUT2D eigenvalue weighted by Gasteiger charge is -2.28. The van der Waals surface area contributed by atoms with Crippen molar-refractivity contribution in [1.82, 2.24) is 4.37 Å². The van der Waals surface area contributed by atoms with Gasteiger partial charge in [-0.2, -0.15) is 4.37 Å². The second-order valence-electron chi connectivity index (χ2n) is 5.48. The minimum Gasteiger partial charge on any atom is -0.382 e. The smallest absolute Gasteiger partial charge is 0.147 e. The monoisotopic (exact) mass is 303 g/mol. The number of rotatable bonds is 4. The van der Waals surface area contributed by atoms with Crippen molar-refractivity contribution in [3.05, 3.63) is 30.3 Å². The van der Waals surface area contributed by atoms with E-state index in [1.54, 1.807) is 0 Å². The van der Waals surface area contributed by atoms with Crippen molar-refractivity contribution in [3.63, 3.8) is 0 Å². The summed E-state index contributed by atoms with van der Waals surface area (Å²) in [6, 6.07) is 10.2. The van der Waals surface area contributed by atoms with Crippen LogP contribution in [0.4, 0.5) is 10.8 Å². The van der Waals surface area contributed by atoms with E-state index in [-0.39, 0.29) is 0 Å². The van der Waals surface area contributed by atoms with E-state index in [1.807, 2.05) is 18.2 Å². The van der Waals surface area contributed by atoms with Crippen LogP contribution in [0.15, 0.2) is 30.3 Å². The molecule has 1 aromatic carbocycles. The first kappa shape index (κ1) is 14.4. The van der Waals surface area contributed by atoms with Gasteiger partial charge in [0.1, 0.15) is 10.8 Å². The quantitative estimate of drug-likeness (QED) is 0.940. The molecule has 1 atom stereocenters. The van der Waals surface area contributed by atoms with Gasteiger partial charge < -0.3 is 15.4 Å². The van der Waals surface area contributed by atoms with E-state index in [4.69, 9.17) is 10.5 Å². The number of benzene rings is 1. The fourth-order valence-corrected chi connectivity index (χ4v) is 3.57. The van der Waals surface area contributed by atoms with E-state index in [0.717, 1.165) is 35.7 Å². The summed E-state index contributed by atoms with van der Waals surface area (Å²) in [6.07, 6.45) is 3.90. The van der Waals surface area contributed by atoms with Gasteiger partial charge in [0.05, 0.1) is 11.7 Å². The first-order valence-electron chi connectivity index (χ1n) is 7.39. The Balaban J connectivity index is 1.82. The summed E-state index contributed by atoms with van der Waals surface area (Å²) in [7, 11) is 2.09. The van der Waals surface area contributed by atoms with Crippen LogP contribution in [0.25, 0.3) is 11.1 Å². The Morgan fingerprint density at radius 3 is 2.86 bits per heavy atom. The van der Waals surface area contributed by atoms with Crippen molar-refractivity contribution in [3.8, 4) is 11.1 Å². The molecule has 0 bridgehead atoms. The van der Waals surface area contributed by atoms with E-state index in [9.17, 15) is 0 Å². The third-order valence-electron chi connectivity index (χ3n) is 3.86. The van der Waals surface area contributed by atoms with Crippen LogP contribution in [0.5, 0.6) is 0 Å². The molecule has 1 aliphatic rings.